The average Bonchev–Trinajstić information content (AvgIpc) is 3.11. The Morgan fingerprint density at radius 3 is 2.56 bits per heavy atom. The molecule has 2 bridgehead atoms. The Labute approximate surface area is 109 Å². The van der Waals surface area contributed by atoms with Gasteiger partial charge in [-0.3, -0.25) is 0 Å². The number of ether oxygens (including phenoxy) is 1. The lowest BCUT2D eigenvalue weighted by molar-refractivity contribution is 0.263. The number of hydrogen-bond donors (Lipinski definition) is 0. The van der Waals surface area contributed by atoms with Crippen molar-refractivity contribution < 1.29 is 4.74 Å². The first-order valence-electron chi connectivity index (χ1n) is 7.19. The van der Waals surface area contributed by atoms with E-state index in [1.165, 1.54) is 24.8 Å². The van der Waals surface area contributed by atoms with Crippen LogP contribution in [0, 0.1) is 23.7 Å². The highest BCUT2D eigenvalue weighted by Crippen LogP contribution is 2.60. The standard InChI is InChI=1S/C17H20O/c1-18-14-6-4-11(5-7-14)15-8-9-16-12-2-3-13(10-12)17(15)16/h4-9,12-13,15-17H,2-3,10H2,1H3/t12-,13+,15?,16?,17?/m0/s1. The van der Waals surface area contributed by atoms with Crippen molar-refractivity contribution in [2.24, 2.45) is 23.7 Å². The van der Waals surface area contributed by atoms with Crippen molar-refractivity contribution in [3.63, 3.8) is 0 Å². The average molecular weight is 240 g/mol. The molecular weight excluding hydrogens is 220 g/mol. The van der Waals surface area contributed by atoms with E-state index in [2.05, 4.69) is 36.4 Å². The van der Waals surface area contributed by atoms with Gasteiger partial charge in [-0.2, -0.15) is 0 Å². The van der Waals surface area contributed by atoms with Crippen molar-refractivity contribution in [2.75, 3.05) is 7.11 Å². The van der Waals surface area contributed by atoms with Crippen LogP contribution < -0.4 is 4.74 Å². The molecular formula is C17H20O. The van der Waals surface area contributed by atoms with Crippen LogP contribution in [0.3, 0.4) is 0 Å². The van der Waals surface area contributed by atoms with E-state index in [9.17, 15) is 0 Å². The minimum atomic E-state index is 0.663. The van der Waals surface area contributed by atoms with E-state index in [0.717, 1.165) is 29.4 Å². The van der Waals surface area contributed by atoms with Gasteiger partial charge in [0.25, 0.3) is 0 Å². The molecule has 2 saturated carbocycles. The largest absolute Gasteiger partial charge is 0.497 e. The second-order valence-corrected chi connectivity index (χ2v) is 6.17. The van der Waals surface area contributed by atoms with E-state index in [0.29, 0.717) is 5.92 Å². The molecule has 1 heteroatoms. The smallest absolute Gasteiger partial charge is 0.118 e. The molecule has 3 unspecified atom stereocenters. The summed E-state index contributed by atoms with van der Waals surface area (Å²) in [7, 11) is 1.73. The van der Waals surface area contributed by atoms with Gasteiger partial charge in [-0.25, -0.2) is 0 Å². The van der Waals surface area contributed by atoms with Gasteiger partial charge in [0, 0.05) is 5.92 Å². The van der Waals surface area contributed by atoms with Crippen LogP contribution in [0.4, 0.5) is 0 Å². The Hall–Kier alpha value is -1.24. The summed E-state index contributed by atoms with van der Waals surface area (Å²) in [5.74, 6) is 5.40. The zero-order valence-electron chi connectivity index (χ0n) is 10.9. The number of allylic oxidation sites excluding steroid dienone is 2. The molecule has 0 spiro atoms. The lowest BCUT2D eigenvalue weighted by Crippen LogP contribution is -2.21. The van der Waals surface area contributed by atoms with E-state index >= 15 is 0 Å². The first-order chi connectivity index (χ1) is 8.86. The quantitative estimate of drug-likeness (QED) is 0.710. The Morgan fingerprint density at radius 2 is 1.78 bits per heavy atom. The molecule has 1 aromatic rings. The van der Waals surface area contributed by atoms with Gasteiger partial charge >= 0.3 is 0 Å². The normalized spacial score (nSPS) is 40.2. The van der Waals surface area contributed by atoms with Crippen LogP contribution >= 0.6 is 0 Å². The fraction of sp³-hybridized carbons (Fsp3) is 0.529. The summed E-state index contributed by atoms with van der Waals surface area (Å²) < 4.78 is 5.25. The van der Waals surface area contributed by atoms with Gasteiger partial charge in [-0.05, 0) is 60.6 Å². The number of benzene rings is 1. The molecule has 3 aliphatic carbocycles. The maximum Gasteiger partial charge on any atom is 0.118 e. The van der Waals surface area contributed by atoms with E-state index in [4.69, 9.17) is 4.74 Å². The van der Waals surface area contributed by atoms with Crippen molar-refractivity contribution in [3.05, 3.63) is 42.0 Å². The van der Waals surface area contributed by atoms with Gasteiger partial charge < -0.3 is 4.74 Å². The second-order valence-electron chi connectivity index (χ2n) is 6.17. The second kappa shape index (κ2) is 3.88. The first-order valence-corrected chi connectivity index (χ1v) is 7.19. The van der Waals surface area contributed by atoms with Crippen LogP contribution in [0.1, 0.15) is 30.7 Å². The highest BCUT2D eigenvalue weighted by atomic mass is 16.5. The summed E-state index contributed by atoms with van der Waals surface area (Å²) in [4.78, 5) is 0. The topological polar surface area (TPSA) is 9.23 Å². The van der Waals surface area contributed by atoms with Crippen LogP contribution in [0.15, 0.2) is 36.4 Å². The minimum absolute atomic E-state index is 0.663. The molecule has 0 saturated heterocycles. The molecule has 3 aliphatic rings. The van der Waals surface area contributed by atoms with Crippen LogP contribution in [0.5, 0.6) is 5.75 Å². The van der Waals surface area contributed by atoms with Crippen molar-refractivity contribution in [1.82, 2.24) is 0 Å². The lowest BCUT2D eigenvalue weighted by atomic mass is 9.75. The van der Waals surface area contributed by atoms with Crippen molar-refractivity contribution in [1.29, 1.82) is 0 Å². The molecule has 5 atom stereocenters. The van der Waals surface area contributed by atoms with E-state index < -0.39 is 0 Å². The third-order valence-electron chi connectivity index (χ3n) is 5.50. The summed E-state index contributed by atoms with van der Waals surface area (Å²) in [5.41, 5.74) is 1.48. The monoisotopic (exact) mass is 240 g/mol. The molecule has 18 heavy (non-hydrogen) atoms. The maximum atomic E-state index is 5.25. The zero-order chi connectivity index (χ0) is 12.1. The van der Waals surface area contributed by atoms with E-state index in [1.54, 1.807) is 7.11 Å². The van der Waals surface area contributed by atoms with Crippen LogP contribution in [-0.2, 0) is 0 Å². The van der Waals surface area contributed by atoms with Gasteiger partial charge in [0.1, 0.15) is 5.75 Å². The maximum absolute atomic E-state index is 5.25. The summed E-state index contributed by atoms with van der Waals surface area (Å²) in [5, 5.41) is 0. The van der Waals surface area contributed by atoms with Gasteiger partial charge in [-0.15, -0.1) is 0 Å². The Balaban J connectivity index is 1.63. The molecule has 0 amide bonds. The Morgan fingerprint density at radius 1 is 1.00 bits per heavy atom. The van der Waals surface area contributed by atoms with Crippen molar-refractivity contribution in [3.8, 4) is 5.75 Å². The van der Waals surface area contributed by atoms with Crippen LogP contribution in [-0.4, -0.2) is 7.11 Å². The molecule has 0 heterocycles. The van der Waals surface area contributed by atoms with Crippen molar-refractivity contribution in [2.45, 2.75) is 25.2 Å². The predicted octanol–water partition coefficient (Wildman–Crippen LogP) is 4.01. The first kappa shape index (κ1) is 10.7. The Bertz CT molecular complexity index is 473. The highest BCUT2D eigenvalue weighted by Gasteiger charge is 2.51. The predicted molar refractivity (Wildman–Crippen MR) is 72.7 cm³/mol. The SMILES string of the molecule is COc1ccc(C2C=CC3C2[C@@H]2CC[C@H]3C2)cc1. The summed E-state index contributed by atoms with van der Waals surface area (Å²) in [6.45, 7) is 0. The number of rotatable bonds is 2. The molecule has 1 nitrogen and oxygen atoms in total. The number of methoxy groups -OCH3 is 1. The molecule has 0 aliphatic heterocycles. The molecule has 0 radical (unpaired) electrons. The molecule has 4 rings (SSSR count). The summed E-state index contributed by atoms with van der Waals surface area (Å²) >= 11 is 0. The Kier molecular flexibility index (Phi) is 2.30. The third kappa shape index (κ3) is 1.39. The van der Waals surface area contributed by atoms with Crippen molar-refractivity contribution >= 4 is 0 Å². The fourth-order valence-electron chi connectivity index (χ4n) is 4.73. The zero-order valence-corrected chi connectivity index (χ0v) is 10.9. The van der Waals surface area contributed by atoms with E-state index in [1.807, 2.05) is 0 Å². The molecule has 0 aromatic heterocycles. The highest BCUT2D eigenvalue weighted by molar-refractivity contribution is 5.35. The van der Waals surface area contributed by atoms with Gasteiger partial charge in [0.05, 0.1) is 7.11 Å². The van der Waals surface area contributed by atoms with Gasteiger partial charge in [0.2, 0.25) is 0 Å². The fourth-order valence-corrected chi connectivity index (χ4v) is 4.73. The van der Waals surface area contributed by atoms with E-state index in [-0.39, 0.29) is 0 Å². The van der Waals surface area contributed by atoms with Gasteiger partial charge in [0.15, 0.2) is 0 Å². The summed E-state index contributed by atoms with van der Waals surface area (Å²) in [6.07, 6.45) is 9.43. The summed E-state index contributed by atoms with van der Waals surface area (Å²) in [6, 6.07) is 8.71. The molecule has 2 fully saturated rings. The van der Waals surface area contributed by atoms with Crippen LogP contribution in [0.2, 0.25) is 0 Å². The van der Waals surface area contributed by atoms with Gasteiger partial charge in [-0.1, -0.05) is 24.3 Å². The third-order valence-corrected chi connectivity index (χ3v) is 5.50. The molecule has 0 N–H and O–H groups in total. The molecule has 94 valence electrons. The molecule has 1 aromatic carbocycles. The lowest BCUT2D eigenvalue weighted by Gasteiger charge is -2.29. The number of fused-ring (bicyclic) bond motifs is 5. The minimum Gasteiger partial charge on any atom is -0.497 e. The number of hydrogen-bond acceptors (Lipinski definition) is 1. The van der Waals surface area contributed by atoms with Crippen LogP contribution in [0.25, 0.3) is 0 Å².